The molecule has 1 heterocycles. The van der Waals surface area contributed by atoms with Crippen molar-refractivity contribution in [1.29, 1.82) is 0 Å². The van der Waals surface area contributed by atoms with Crippen LogP contribution in [0.2, 0.25) is 10.0 Å². The van der Waals surface area contributed by atoms with Crippen molar-refractivity contribution in [3.8, 4) is 0 Å². The second-order valence-electron chi connectivity index (χ2n) is 3.53. The minimum absolute atomic E-state index is 0.708. The second kappa shape index (κ2) is 6.66. The van der Waals surface area contributed by atoms with E-state index >= 15 is 0 Å². The van der Waals surface area contributed by atoms with Crippen molar-refractivity contribution in [3.63, 3.8) is 0 Å². The van der Waals surface area contributed by atoms with Crippen LogP contribution in [0.25, 0.3) is 0 Å². The number of halogens is 2. The van der Waals surface area contributed by atoms with Gasteiger partial charge >= 0.3 is 0 Å². The van der Waals surface area contributed by atoms with E-state index in [1.54, 1.807) is 29.2 Å². The van der Waals surface area contributed by atoms with Crippen molar-refractivity contribution >= 4 is 51.4 Å². The van der Waals surface area contributed by atoms with Gasteiger partial charge in [-0.1, -0.05) is 23.2 Å². The molecular weight excluding hydrogens is 307 g/mol. The summed E-state index contributed by atoms with van der Waals surface area (Å²) in [6.07, 6.45) is 1.90. The van der Waals surface area contributed by atoms with Crippen molar-refractivity contribution in [3.05, 3.63) is 39.3 Å². The van der Waals surface area contributed by atoms with Crippen LogP contribution in [0.1, 0.15) is 11.8 Å². The van der Waals surface area contributed by atoms with Crippen LogP contribution in [0.3, 0.4) is 0 Å². The first-order valence-corrected chi connectivity index (χ1v) is 8.01. The van der Waals surface area contributed by atoms with Crippen LogP contribution < -0.4 is 5.32 Å². The number of rotatable bonds is 5. The van der Waals surface area contributed by atoms with Crippen LogP contribution in [0.5, 0.6) is 0 Å². The summed E-state index contributed by atoms with van der Waals surface area (Å²) in [6, 6.07) is 5.51. The zero-order valence-corrected chi connectivity index (χ0v) is 12.9. The molecule has 1 aromatic heterocycles. The highest BCUT2D eigenvalue weighted by molar-refractivity contribution is 7.98. The molecule has 6 heteroatoms. The van der Waals surface area contributed by atoms with Crippen molar-refractivity contribution in [2.24, 2.45) is 0 Å². The average molecular weight is 319 g/mol. The van der Waals surface area contributed by atoms with Crippen LogP contribution in [0, 0.1) is 0 Å². The summed E-state index contributed by atoms with van der Waals surface area (Å²) in [5.74, 6) is 0.850. The van der Waals surface area contributed by atoms with Crippen LogP contribution in [0.15, 0.2) is 29.3 Å². The fraction of sp³-hybridized carbons (Fsp3) is 0.250. The SMILES string of the molecule is CCNc1ncc(CSc2cc(Cl)ccc2Cl)s1. The minimum atomic E-state index is 0.708. The number of nitrogens with one attached hydrogen (secondary N) is 1. The summed E-state index contributed by atoms with van der Waals surface area (Å²) in [7, 11) is 0. The number of thioether (sulfide) groups is 1. The fourth-order valence-electron chi connectivity index (χ4n) is 1.34. The van der Waals surface area contributed by atoms with E-state index in [4.69, 9.17) is 23.2 Å². The van der Waals surface area contributed by atoms with Crippen LogP contribution in [-0.4, -0.2) is 11.5 Å². The van der Waals surface area contributed by atoms with E-state index in [0.717, 1.165) is 27.3 Å². The molecule has 0 saturated carbocycles. The fourth-order valence-corrected chi connectivity index (χ4v) is 3.74. The molecule has 18 heavy (non-hydrogen) atoms. The molecule has 2 rings (SSSR count). The van der Waals surface area contributed by atoms with E-state index in [1.165, 1.54) is 4.88 Å². The van der Waals surface area contributed by atoms with Crippen molar-refractivity contribution in [1.82, 2.24) is 4.98 Å². The van der Waals surface area contributed by atoms with Gasteiger partial charge in [0, 0.05) is 33.3 Å². The quantitative estimate of drug-likeness (QED) is 0.769. The number of benzene rings is 1. The van der Waals surface area contributed by atoms with E-state index in [1.807, 2.05) is 18.3 Å². The van der Waals surface area contributed by atoms with Gasteiger partial charge in [-0.05, 0) is 25.1 Å². The highest BCUT2D eigenvalue weighted by atomic mass is 35.5. The molecule has 0 aliphatic carbocycles. The molecule has 0 amide bonds. The predicted octanol–water partition coefficient (Wildman–Crippen LogP) is 5.17. The Labute approximate surface area is 125 Å². The molecule has 1 N–H and O–H groups in total. The number of thiazole rings is 1. The summed E-state index contributed by atoms with van der Waals surface area (Å²) in [5.41, 5.74) is 0. The van der Waals surface area contributed by atoms with Gasteiger partial charge in [-0.3, -0.25) is 0 Å². The van der Waals surface area contributed by atoms with E-state index in [2.05, 4.69) is 17.2 Å². The Morgan fingerprint density at radius 1 is 1.39 bits per heavy atom. The molecule has 0 radical (unpaired) electrons. The lowest BCUT2D eigenvalue weighted by atomic mass is 10.4. The standard InChI is InChI=1S/C12H12Cl2N2S2/c1-2-15-12-16-6-9(18-12)7-17-11-5-8(13)3-4-10(11)14/h3-6H,2,7H2,1H3,(H,15,16). The van der Waals surface area contributed by atoms with Gasteiger partial charge in [-0.15, -0.1) is 23.1 Å². The van der Waals surface area contributed by atoms with Crippen LogP contribution in [-0.2, 0) is 5.75 Å². The third kappa shape index (κ3) is 3.79. The summed E-state index contributed by atoms with van der Waals surface area (Å²) < 4.78 is 0. The van der Waals surface area contributed by atoms with Crippen molar-refractivity contribution in [2.75, 3.05) is 11.9 Å². The molecule has 0 bridgehead atoms. The van der Waals surface area contributed by atoms with Gasteiger partial charge in [0.2, 0.25) is 0 Å². The van der Waals surface area contributed by atoms with Crippen LogP contribution in [0.4, 0.5) is 5.13 Å². The van der Waals surface area contributed by atoms with Gasteiger partial charge in [0.05, 0.1) is 5.02 Å². The van der Waals surface area contributed by atoms with Crippen molar-refractivity contribution in [2.45, 2.75) is 17.6 Å². The lowest BCUT2D eigenvalue weighted by Gasteiger charge is -2.03. The zero-order valence-electron chi connectivity index (χ0n) is 9.74. The topological polar surface area (TPSA) is 24.9 Å². The number of aromatic nitrogens is 1. The normalized spacial score (nSPS) is 10.6. The average Bonchev–Trinajstić information content (AvgIpc) is 2.79. The maximum atomic E-state index is 6.11. The van der Waals surface area contributed by atoms with Gasteiger partial charge in [-0.25, -0.2) is 4.98 Å². The molecule has 0 aliphatic heterocycles. The smallest absolute Gasteiger partial charge is 0.182 e. The predicted molar refractivity (Wildman–Crippen MR) is 82.3 cm³/mol. The number of anilines is 1. The highest BCUT2D eigenvalue weighted by Crippen LogP contribution is 2.33. The van der Waals surface area contributed by atoms with E-state index in [9.17, 15) is 0 Å². The lowest BCUT2D eigenvalue weighted by molar-refractivity contribution is 1.19. The summed E-state index contributed by atoms with van der Waals surface area (Å²) in [6.45, 7) is 2.95. The maximum Gasteiger partial charge on any atom is 0.182 e. The van der Waals surface area contributed by atoms with E-state index in [-0.39, 0.29) is 0 Å². The third-order valence-electron chi connectivity index (χ3n) is 2.14. The Morgan fingerprint density at radius 2 is 2.22 bits per heavy atom. The molecule has 0 atom stereocenters. The number of hydrogen-bond acceptors (Lipinski definition) is 4. The first-order valence-electron chi connectivity index (χ1n) is 5.45. The minimum Gasteiger partial charge on any atom is -0.362 e. The van der Waals surface area contributed by atoms with Gasteiger partial charge in [0.1, 0.15) is 0 Å². The van der Waals surface area contributed by atoms with Gasteiger partial charge in [0.25, 0.3) is 0 Å². The maximum absolute atomic E-state index is 6.11. The lowest BCUT2D eigenvalue weighted by Crippen LogP contribution is -1.94. The zero-order chi connectivity index (χ0) is 13.0. The second-order valence-corrected chi connectivity index (χ2v) is 6.50. The molecule has 2 aromatic rings. The number of nitrogens with zero attached hydrogens (tertiary/aromatic N) is 1. The summed E-state index contributed by atoms with van der Waals surface area (Å²) >= 11 is 15.4. The molecular formula is C12H12Cl2N2S2. The summed E-state index contributed by atoms with van der Waals surface area (Å²) in [4.78, 5) is 6.51. The first kappa shape index (κ1) is 14.0. The molecule has 0 saturated heterocycles. The third-order valence-corrected chi connectivity index (χ3v) is 5.06. The number of hydrogen-bond donors (Lipinski definition) is 1. The Balaban J connectivity index is 1.99. The molecule has 0 aliphatic rings. The molecule has 0 spiro atoms. The molecule has 2 nitrogen and oxygen atoms in total. The largest absolute Gasteiger partial charge is 0.362 e. The Hall–Kier alpha value is -0.420. The van der Waals surface area contributed by atoms with Gasteiger partial charge < -0.3 is 5.32 Å². The van der Waals surface area contributed by atoms with Gasteiger partial charge in [0.15, 0.2) is 5.13 Å². The Morgan fingerprint density at radius 3 is 3.00 bits per heavy atom. The van der Waals surface area contributed by atoms with E-state index < -0.39 is 0 Å². The monoisotopic (exact) mass is 318 g/mol. The molecule has 0 fully saturated rings. The van der Waals surface area contributed by atoms with Gasteiger partial charge in [-0.2, -0.15) is 0 Å². The summed E-state index contributed by atoms with van der Waals surface area (Å²) in [5, 5.41) is 5.61. The van der Waals surface area contributed by atoms with Crippen molar-refractivity contribution < 1.29 is 0 Å². The molecule has 0 unspecified atom stereocenters. The van der Waals surface area contributed by atoms with E-state index in [0.29, 0.717) is 5.02 Å². The first-order chi connectivity index (χ1) is 8.69. The molecule has 96 valence electrons. The highest BCUT2D eigenvalue weighted by Gasteiger charge is 2.05. The Kier molecular flexibility index (Phi) is 5.18. The van der Waals surface area contributed by atoms with Crippen LogP contribution >= 0.6 is 46.3 Å². The molecule has 1 aromatic carbocycles. The Bertz CT molecular complexity index is 529.